The van der Waals surface area contributed by atoms with Gasteiger partial charge in [0.05, 0.1) is 5.92 Å². The quantitative estimate of drug-likeness (QED) is 0.664. The molecule has 0 fully saturated rings. The maximum atomic E-state index is 12.5. The number of benzene rings is 2. The molecule has 0 N–H and O–H groups in total. The molecule has 0 aliphatic rings. The zero-order chi connectivity index (χ0) is 18.7. The summed E-state index contributed by atoms with van der Waals surface area (Å²) in [5.41, 5.74) is 6.40. The summed E-state index contributed by atoms with van der Waals surface area (Å²) in [6.07, 6.45) is 3.61. The number of pyridine rings is 1. The van der Waals surface area contributed by atoms with Gasteiger partial charge in [0.2, 0.25) is 0 Å². The predicted molar refractivity (Wildman–Crippen MR) is 108 cm³/mol. The monoisotopic (exact) mass is 344 g/mol. The molecular formula is C23H24N2O. The number of rotatable bonds is 5. The minimum Gasteiger partial charge on any atom is -0.378 e. The fourth-order valence-corrected chi connectivity index (χ4v) is 3.23. The highest BCUT2D eigenvalue weighted by Crippen LogP contribution is 2.34. The van der Waals surface area contributed by atoms with Crippen LogP contribution in [0.4, 0.5) is 5.69 Å². The van der Waals surface area contributed by atoms with E-state index in [2.05, 4.69) is 53.2 Å². The molecule has 0 aliphatic carbocycles. The van der Waals surface area contributed by atoms with E-state index in [0.717, 1.165) is 27.9 Å². The number of nitrogens with zero attached hydrogens (tertiary/aromatic N) is 2. The molecule has 0 amide bonds. The van der Waals surface area contributed by atoms with Gasteiger partial charge in [-0.25, -0.2) is 0 Å². The molecule has 0 radical (unpaired) electrons. The van der Waals surface area contributed by atoms with Crippen molar-refractivity contribution < 1.29 is 4.79 Å². The smallest absolute Gasteiger partial charge is 0.141 e. The van der Waals surface area contributed by atoms with Crippen LogP contribution >= 0.6 is 0 Å². The normalized spacial score (nSPS) is 11.8. The van der Waals surface area contributed by atoms with Gasteiger partial charge in [-0.3, -0.25) is 9.78 Å². The van der Waals surface area contributed by atoms with E-state index in [9.17, 15) is 4.79 Å². The van der Waals surface area contributed by atoms with Crippen molar-refractivity contribution in [3.63, 3.8) is 0 Å². The van der Waals surface area contributed by atoms with Crippen LogP contribution in [-0.4, -0.2) is 24.9 Å². The molecule has 1 unspecified atom stereocenters. The lowest BCUT2D eigenvalue weighted by Gasteiger charge is -2.19. The molecule has 3 nitrogen and oxygen atoms in total. The second-order valence-corrected chi connectivity index (χ2v) is 6.86. The van der Waals surface area contributed by atoms with Crippen molar-refractivity contribution in [1.29, 1.82) is 0 Å². The first-order valence-corrected chi connectivity index (χ1v) is 8.76. The Bertz CT molecular complexity index is 896. The van der Waals surface area contributed by atoms with E-state index in [1.165, 1.54) is 5.56 Å². The third-order valence-corrected chi connectivity index (χ3v) is 4.68. The second-order valence-electron chi connectivity index (χ2n) is 6.86. The zero-order valence-electron chi connectivity index (χ0n) is 15.7. The summed E-state index contributed by atoms with van der Waals surface area (Å²) in [6, 6.07) is 18.5. The zero-order valence-corrected chi connectivity index (χ0v) is 15.7. The molecule has 3 aromatic rings. The summed E-state index contributed by atoms with van der Waals surface area (Å²) < 4.78 is 0. The maximum absolute atomic E-state index is 12.5. The van der Waals surface area contributed by atoms with E-state index >= 15 is 0 Å². The predicted octanol–water partition coefficient (Wildman–Crippen LogP) is 4.84. The molecule has 3 heteroatoms. The molecule has 132 valence electrons. The maximum Gasteiger partial charge on any atom is 0.141 e. The SMILES string of the molecule is CC(=O)C(c1ccc(C)cc1)c1ccncc1-c1ccc(N(C)C)cc1. The second kappa shape index (κ2) is 7.52. The number of carbonyl (C=O) groups is 1. The summed E-state index contributed by atoms with van der Waals surface area (Å²) in [7, 11) is 4.04. The van der Waals surface area contributed by atoms with Gasteiger partial charge in [-0.15, -0.1) is 0 Å². The van der Waals surface area contributed by atoms with Crippen molar-refractivity contribution in [3.05, 3.63) is 83.7 Å². The summed E-state index contributed by atoms with van der Waals surface area (Å²) in [6.45, 7) is 3.71. The van der Waals surface area contributed by atoms with Crippen LogP contribution in [0.1, 0.15) is 29.5 Å². The van der Waals surface area contributed by atoms with Gasteiger partial charge >= 0.3 is 0 Å². The Morgan fingerprint density at radius 1 is 0.962 bits per heavy atom. The lowest BCUT2D eigenvalue weighted by Crippen LogP contribution is -2.12. The fraction of sp³-hybridized carbons (Fsp3) is 0.217. The third-order valence-electron chi connectivity index (χ3n) is 4.68. The Morgan fingerprint density at radius 3 is 2.19 bits per heavy atom. The molecule has 1 heterocycles. The van der Waals surface area contributed by atoms with Crippen LogP contribution in [0, 0.1) is 6.92 Å². The summed E-state index contributed by atoms with van der Waals surface area (Å²) in [5.74, 6) is -0.159. The van der Waals surface area contributed by atoms with E-state index < -0.39 is 0 Å². The van der Waals surface area contributed by atoms with Crippen molar-refractivity contribution in [2.75, 3.05) is 19.0 Å². The molecule has 3 rings (SSSR count). The first kappa shape index (κ1) is 17.9. The number of aryl methyl sites for hydroxylation is 1. The molecule has 1 aromatic heterocycles. The van der Waals surface area contributed by atoms with Gasteiger partial charge in [0.1, 0.15) is 5.78 Å². The van der Waals surface area contributed by atoms with Crippen LogP contribution in [0.15, 0.2) is 67.0 Å². The Hall–Kier alpha value is -2.94. The van der Waals surface area contributed by atoms with Crippen LogP contribution in [0.25, 0.3) is 11.1 Å². The number of carbonyl (C=O) groups excluding carboxylic acids is 1. The van der Waals surface area contributed by atoms with E-state index in [1.807, 2.05) is 38.5 Å². The first-order chi connectivity index (χ1) is 12.5. The van der Waals surface area contributed by atoms with E-state index in [0.29, 0.717) is 0 Å². The van der Waals surface area contributed by atoms with Crippen LogP contribution in [0.5, 0.6) is 0 Å². The number of hydrogen-bond acceptors (Lipinski definition) is 3. The molecule has 0 saturated carbocycles. The number of aromatic nitrogens is 1. The van der Waals surface area contributed by atoms with Crippen LogP contribution in [-0.2, 0) is 4.79 Å². The number of anilines is 1. The van der Waals surface area contributed by atoms with Crippen LogP contribution < -0.4 is 4.90 Å². The largest absolute Gasteiger partial charge is 0.378 e. The van der Waals surface area contributed by atoms with Gasteiger partial charge in [0.25, 0.3) is 0 Å². The molecule has 2 aromatic carbocycles. The highest BCUT2D eigenvalue weighted by atomic mass is 16.1. The molecule has 0 spiro atoms. The Kier molecular flexibility index (Phi) is 5.17. The van der Waals surface area contributed by atoms with Gasteiger partial charge < -0.3 is 4.90 Å². The van der Waals surface area contributed by atoms with Crippen molar-refractivity contribution in [1.82, 2.24) is 4.98 Å². The van der Waals surface area contributed by atoms with Gasteiger partial charge in [0, 0.05) is 37.7 Å². The third kappa shape index (κ3) is 3.67. The van der Waals surface area contributed by atoms with Gasteiger partial charge in [-0.1, -0.05) is 42.0 Å². The molecule has 0 bridgehead atoms. The van der Waals surface area contributed by atoms with Crippen molar-refractivity contribution >= 4 is 11.5 Å². The summed E-state index contributed by atoms with van der Waals surface area (Å²) in [4.78, 5) is 18.9. The molecule has 1 atom stereocenters. The van der Waals surface area contributed by atoms with Crippen molar-refractivity contribution in [2.24, 2.45) is 0 Å². The van der Waals surface area contributed by atoms with E-state index in [4.69, 9.17) is 0 Å². The van der Waals surface area contributed by atoms with Crippen LogP contribution in [0.2, 0.25) is 0 Å². The van der Waals surface area contributed by atoms with Gasteiger partial charge in [-0.2, -0.15) is 0 Å². The number of hydrogen-bond donors (Lipinski definition) is 0. The van der Waals surface area contributed by atoms with E-state index in [1.54, 1.807) is 13.1 Å². The average Bonchev–Trinajstić information content (AvgIpc) is 2.64. The van der Waals surface area contributed by atoms with Gasteiger partial charge in [-0.05, 0) is 48.7 Å². The van der Waals surface area contributed by atoms with E-state index in [-0.39, 0.29) is 11.7 Å². The Balaban J connectivity index is 2.09. The first-order valence-electron chi connectivity index (χ1n) is 8.76. The number of ketones is 1. The highest BCUT2D eigenvalue weighted by molar-refractivity contribution is 5.89. The van der Waals surface area contributed by atoms with Crippen molar-refractivity contribution in [2.45, 2.75) is 19.8 Å². The van der Waals surface area contributed by atoms with Crippen molar-refractivity contribution in [3.8, 4) is 11.1 Å². The summed E-state index contributed by atoms with van der Waals surface area (Å²) in [5, 5.41) is 0. The fourth-order valence-electron chi connectivity index (χ4n) is 3.23. The molecule has 0 aliphatic heterocycles. The average molecular weight is 344 g/mol. The lowest BCUT2D eigenvalue weighted by atomic mass is 9.84. The number of Topliss-reactive ketones (excluding diaryl/α,β-unsaturated/α-hetero) is 1. The van der Waals surface area contributed by atoms with Gasteiger partial charge in [0.15, 0.2) is 0 Å². The Morgan fingerprint density at radius 2 is 1.62 bits per heavy atom. The highest BCUT2D eigenvalue weighted by Gasteiger charge is 2.22. The molecule has 0 saturated heterocycles. The minimum atomic E-state index is -0.290. The molecule has 26 heavy (non-hydrogen) atoms. The minimum absolute atomic E-state index is 0.131. The Labute approximate surface area is 155 Å². The molecular weight excluding hydrogens is 320 g/mol. The van der Waals surface area contributed by atoms with Crippen LogP contribution in [0.3, 0.4) is 0 Å². The lowest BCUT2D eigenvalue weighted by molar-refractivity contribution is -0.117. The topological polar surface area (TPSA) is 33.2 Å². The summed E-state index contributed by atoms with van der Waals surface area (Å²) >= 11 is 0. The standard InChI is InChI=1S/C23H24N2O/c1-16-5-7-19(8-6-16)23(17(2)26)21-13-14-24-15-22(21)18-9-11-20(12-10-18)25(3)4/h5-15,23H,1-4H3.